The maximum Gasteiger partial charge on any atom is 0.230 e. The lowest BCUT2D eigenvalue weighted by Gasteiger charge is -1.97. The fraction of sp³-hybridized carbons (Fsp3) is 0. The molecule has 0 atom stereocenters. The zero-order valence-electron chi connectivity index (χ0n) is 11.4. The van der Waals surface area contributed by atoms with Gasteiger partial charge >= 0.3 is 0 Å². The molecule has 100 valence electrons. The maximum absolute atomic E-state index is 5.92. The van der Waals surface area contributed by atoms with Crippen molar-refractivity contribution in [2.75, 3.05) is 0 Å². The number of nitrogens with zero attached hydrogens (tertiary/aromatic N) is 1. The molecule has 1 heterocycles. The summed E-state index contributed by atoms with van der Waals surface area (Å²) in [4.78, 5) is 5.92. The molecule has 0 saturated carbocycles. The van der Waals surface area contributed by atoms with E-state index in [0.717, 1.165) is 11.1 Å². The van der Waals surface area contributed by atoms with Crippen LogP contribution in [0.15, 0.2) is 85.2 Å². The van der Waals surface area contributed by atoms with Crippen molar-refractivity contribution in [3.63, 3.8) is 0 Å². The molecule has 1 aromatic carbocycles. The van der Waals surface area contributed by atoms with Crippen LogP contribution in [0.3, 0.4) is 0 Å². The van der Waals surface area contributed by atoms with Crippen molar-refractivity contribution in [2.24, 2.45) is 0 Å². The minimum atomic E-state index is 0.844. The van der Waals surface area contributed by atoms with Gasteiger partial charge < -0.3 is 0 Å². The minimum Gasteiger partial charge on any atom is -0.231 e. The van der Waals surface area contributed by atoms with Gasteiger partial charge in [-0.1, -0.05) is 48.5 Å². The fourth-order valence-corrected chi connectivity index (χ4v) is 2.53. The Balaban J connectivity index is 1.71. The summed E-state index contributed by atoms with van der Waals surface area (Å²) in [5.74, 6) is 0.844. The molecule has 0 N–H and O–H groups in total. The van der Waals surface area contributed by atoms with Gasteiger partial charge in [0.25, 0.3) is 0 Å². The number of aromatic nitrogens is 1. The Morgan fingerprint density at radius 3 is 2.10 bits per heavy atom. The summed E-state index contributed by atoms with van der Waals surface area (Å²) < 4.78 is 1.75. The third-order valence-corrected chi connectivity index (χ3v) is 3.58. The molecule has 21 heavy (non-hydrogen) atoms. The second kappa shape index (κ2) is 4.91. The van der Waals surface area contributed by atoms with Crippen molar-refractivity contribution < 1.29 is 9.57 Å². The van der Waals surface area contributed by atoms with Gasteiger partial charge in [-0.3, -0.25) is 0 Å². The summed E-state index contributed by atoms with van der Waals surface area (Å²) >= 11 is 0. The number of fused-ring (bicyclic) bond motifs is 2. The predicted molar refractivity (Wildman–Crippen MR) is 83.2 cm³/mol. The van der Waals surface area contributed by atoms with Crippen molar-refractivity contribution in [1.29, 1.82) is 0 Å². The van der Waals surface area contributed by atoms with Gasteiger partial charge in [-0.2, -0.15) is 0 Å². The molecule has 0 fully saturated rings. The second-order valence-corrected chi connectivity index (χ2v) is 5.04. The summed E-state index contributed by atoms with van der Waals surface area (Å²) in [5.41, 5.74) is 2.35. The molecule has 0 amide bonds. The van der Waals surface area contributed by atoms with Gasteiger partial charge in [-0.25, -0.2) is 4.84 Å². The Morgan fingerprint density at radius 1 is 0.667 bits per heavy atom. The summed E-state index contributed by atoms with van der Waals surface area (Å²) in [5, 5.41) is 2.36. The van der Waals surface area contributed by atoms with Crippen LogP contribution in [0.5, 0.6) is 5.75 Å². The summed E-state index contributed by atoms with van der Waals surface area (Å²) in [6, 6.07) is 24.7. The lowest BCUT2D eigenvalue weighted by atomic mass is 10.2. The van der Waals surface area contributed by atoms with Crippen LogP contribution in [-0.2, 0) is 0 Å². The van der Waals surface area contributed by atoms with Gasteiger partial charge in [-0.05, 0) is 34.7 Å². The molecule has 4 rings (SSSR count). The number of rotatable bonds is 2. The Kier molecular flexibility index (Phi) is 2.79. The standard InChI is InChI=1S/C19H14NO/c1-2-7-16-12-19(13-17(16)8-3-1)21-20-11-10-15-6-4-5-9-18(15)14-20/h1-14H/q+1. The molecule has 0 aliphatic heterocycles. The second-order valence-electron chi connectivity index (χ2n) is 5.04. The Morgan fingerprint density at radius 2 is 1.33 bits per heavy atom. The molecule has 0 spiro atoms. The smallest absolute Gasteiger partial charge is 0.230 e. The van der Waals surface area contributed by atoms with E-state index < -0.39 is 0 Å². The van der Waals surface area contributed by atoms with Gasteiger partial charge in [-0.15, -0.1) is 0 Å². The highest BCUT2D eigenvalue weighted by atomic mass is 16.7. The highest BCUT2D eigenvalue weighted by Gasteiger charge is 2.11. The van der Waals surface area contributed by atoms with Crippen LogP contribution < -0.4 is 9.57 Å². The van der Waals surface area contributed by atoms with Crippen molar-refractivity contribution in [1.82, 2.24) is 0 Å². The van der Waals surface area contributed by atoms with Gasteiger partial charge in [0.05, 0.1) is 5.39 Å². The average Bonchev–Trinajstić information content (AvgIpc) is 2.76. The van der Waals surface area contributed by atoms with E-state index in [1.807, 2.05) is 42.7 Å². The van der Waals surface area contributed by atoms with Gasteiger partial charge in [0.15, 0.2) is 0 Å². The van der Waals surface area contributed by atoms with Crippen LogP contribution >= 0.6 is 0 Å². The normalized spacial score (nSPS) is 10.9. The Labute approximate surface area is 123 Å². The molecule has 1 aromatic heterocycles. The van der Waals surface area contributed by atoms with Gasteiger partial charge in [0.2, 0.25) is 18.1 Å². The monoisotopic (exact) mass is 272 g/mol. The highest BCUT2D eigenvalue weighted by molar-refractivity contribution is 5.80. The summed E-state index contributed by atoms with van der Waals surface area (Å²) in [6.07, 6.45) is 3.92. The van der Waals surface area contributed by atoms with Crippen LogP contribution in [-0.4, -0.2) is 0 Å². The molecule has 2 aromatic rings. The summed E-state index contributed by atoms with van der Waals surface area (Å²) in [7, 11) is 0. The first-order valence-electron chi connectivity index (χ1n) is 6.96. The summed E-state index contributed by atoms with van der Waals surface area (Å²) in [6.45, 7) is 0. The fourth-order valence-electron chi connectivity index (χ4n) is 2.53. The third kappa shape index (κ3) is 2.32. The Bertz CT molecular complexity index is 854. The van der Waals surface area contributed by atoms with Gasteiger partial charge in [0, 0.05) is 10.8 Å². The zero-order valence-corrected chi connectivity index (χ0v) is 11.4. The molecule has 2 nitrogen and oxygen atoms in total. The van der Waals surface area contributed by atoms with Crippen LogP contribution in [0.1, 0.15) is 0 Å². The van der Waals surface area contributed by atoms with E-state index in [2.05, 4.69) is 42.5 Å². The minimum absolute atomic E-state index is 0.844. The third-order valence-electron chi connectivity index (χ3n) is 3.58. The van der Waals surface area contributed by atoms with Gasteiger partial charge in [0.1, 0.15) is 0 Å². The maximum atomic E-state index is 5.92. The lowest BCUT2D eigenvalue weighted by Crippen LogP contribution is -2.38. The zero-order chi connectivity index (χ0) is 14.1. The number of hydrogen-bond acceptors (Lipinski definition) is 1. The van der Waals surface area contributed by atoms with Crippen LogP contribution in [0.2, 0.25) is 0 Å². The molecule has 2 aliphatic carbocycles. The van der Waals surface area contributed by atoms with E-state index in [9.17, 15) is 0 Å². The largest absolute Gasteiger partial charge is 0.231 e. The molecular weight excluding hydrogens is 258 g/mol. The van der Waals surface area contributed by atoms with E-state index in [1.165, 1.54) is 16.5 Å². The van der Waals surface area contributed by atoms with Crippen molar-refractivity contribution in [3.8, 4) is 16.9 Å². The van der Waals surface area contributed by atoms with E-state index in [-0.39, 0.29) is 0 Å². The van der Waals surface area contributed by atoms with E-state index >= 15 is 0 Å². The molecule has 0 saturated heterocycles. The number of benzene rings is 1. The number of hydrogen-bond donors (Lipinski definition) is 0. The van der Waals surface area contributed by atoms with Crippen molar-refractivity contribution in [3.05, 3.63) is 85.2 Å². The molecule has 2 aliphatic rings. The quantitative estimate of drug-likeness (QED) is 0.501. The highest BCUT2D eigenvalue weighted by Crippen LogP contribution is 2.29. The number of pyridine rings is 1. The van der Waals surface area contributed by atoms with E-state index in [0.29, 0.717) is 0 Å². The molecule has 2 heteroatoms. The SMILES string of the molecule is c1ccc2cc(O[n+]3ccc4ccccc4c3)cc-2cc1. The van der Waals surface area contributed by atoms with E-state index in [1.54, 1.807) is 4.73 Å². The topological polar surface area (TPSA) is 13.1 Å². The molecule has 0 bridgehead atoms. The Hall–Kier alpha value is -2.87. The molecule has 0 radical (unpaired) electrons. The van der Waals surface area contributed by atoms with Crippen LogP contribution in [0, 0.1) is 0 Å². The first kappa shape index (κ1) is 11.9. The first-order chi connectivity index (χ1) is 10.4. The molecule has 0 unspecified atom stereocenters. The van der Waals surface area contributed by atoms with Crippen LogP contribution in [0.25, 0.3) is 21.9 Å². The first-order valence-corrected chi connectivity index (χ1v) is 6.96. The van der Waals surface area contributed by atoms with E-state index in [4.69, 9.17) is 4.84 Å². The predicted octanol–water partition coefficient (Wildman–Crippen LogP) is 4.07. The van der Waals surface area contributed by atoms with Crippen LogP contribution in [0.4, 0.5) is 0 Å². The van der Waals surface area contributed by atoms with Crippen molar-refractivity contribution >= 4 is 10.8 Å². The van der Waals surface area contributed by atoms with Crippen molar-refractivity contribution in [2.45, 2.75) is 0 Å². The molecular formula is C19H14NO+. The lowest BCUT2D eigenvalue weighted by molar-refractivity contribution is -0.874. The average molecular weight is 272 g/mol.